The number of halogens is 6. The zero-order valence-electron chi connectivity index (χ0n) is 20.4. The number of benzene rings is 1. The van der Waals surface area contributed by atoms with E-state index >= 15 is 0 Å². The largest absolute Gasteiger partial charge is 0.489 e. The molecule has 0 aliphatic heterocycles. The Kier molecular flexibility index (Phi) is 7.79. The first-order valence-electron chi connectivity index (χ1n) is 11.4. The van der Waals surface area contributed by atoms with Gasteiger partial charge < -0.3 is 19.6 Å². The van der Waals surface area contributed by atoms with Gasteiger partial charge in [0.1, 0.15) is 23.7 Å². The quantitative estimate of drug-likeness (QED) is 0.307. The van der Waals surface area contributed by atoms with Gasteiger partial charge in [-0.1, -0.05) is 24.8 Å². The van der Waals surface area contributed by atoms with Gasteiger partial charge >= 0.3 is 12.4 Å². The van der Waals surface area contributed by atoms with Gasteiger partial charge in [0, 0.05) is 25.0 Å². The van der Waals surface area contributed by atoms with E-state index in [9.17, 15) is 26.3 Å². The van der Waals surface area contributed by atoms with E-state index in [1.807, 2.05) is 0 Å². The molecule has 39 heavy (non-hydrogen) atoms. The topological polar surface area (TPSA) is 80.7 Å². The Balaban J connectivity index is 1.50. The molecular formula is C26H22F6N6O. The van der Waals surface area contributed by atoms with Gasteiger partial charge in [-0.3, -0.25) is 4.98 Å². The first-order valence-corrected chi connectivity index (χ1v) is 11.4. The van der Waals surface area contributed by atoms with Crippen molar-refractivity contribution < 1.29 is 31.1 Å². The molecule has 0 fully saturated rings. The highest BCUT2D eigenvalue weighted by Crippen LogP contribution is 2.29. The minimum absolute atomic E-state index is 0.0495. The first kappa shape index (κ1) is 27.5. The zero-order valence-corrected chi connectivity index (χ0v) is 20.4. The number of aromatic amines is 1. The number of hydrogen-bond donors (Lipinski definition) is 2. The molecule has 1 aromatic carbocycles. The van der Waals surface area contributed by atoms with Crippen molar-refractivity contribution in [2.75, 3.05) is 11.9 Å². The monoisotopic (exact) mass is 548 g/mol. The molecule has 0 aliphatic carbocycles. The van der Waals surface area contributed by atoms with Crippen molar-refractivity contribution in [1.82, 2.24) is 24.5 Å². The predicted octanol–water partition coefficient (Wildman–Crippen LogP) is 4.90. The van der Waals surface area contributed by atoms with Gasteiger partial charge in [0.05, 0.1) is 23.3 Å². The van der Waals surface area contributed by atoms with Crippen LogP contribution in [0.2, 0.25) is 0 Å². The van der Waals surface area contributed by atoms with Crippen LogP contribution in [0.4, 0.5) is 38.0 Å². The Morgan fingerprint density at radius 3 is 2.46 bits per heavy atom. The van der Waals surface area contributed by atoms with E-state index in [4.69, 9.17) is 4.74 Å². The summed E-state index contributed by atoms with van der Waals surface area (Å²) in [5, 5.41) is 4.32. The minimum atomic E-state index is -4.55. The summed E-state index contributed by atoms with van der Waals surface area (Å²) < 4.78 is 83.9. The van der Waals surface area contributed by atoms with Crippen LogP contribution in [0, 0.1) is 0 Å². The Morgan fingerprint density at radius 2 is 1.82 bits per heavy atom. The number of nitrogens with zero attached hydrogens (tertiary/aromatic N) is 4. The number of imidazole rings is 2. The average molecular weight is 548 g/mol. The van der Waals surface area contributed by atoms with Crippen LogP contribution in [-0.4, -0.2) is 37.3 Å². The summed E-state index contributed by atoms with van der Waals surface area (Å²) in [6.07, 6.45) is -2.76. The number of ether oxygens (including phenoxy) is 1. The van der Waals surface area contributed by atoms with E-state index in [-0.39, 0.29) is 23.7 Å². The second-order valence-corrected chi connectivity index (χ2v) is 8.32. The summed E-state index contributed by atoms with van der Waals surface area (Å²) >= 11 is 0. The maximum absolute atomic E-state index is 12.9. The van der Waals surface area contributed by atoms with E-state index in [0.29, 0.717) is 34.3 Å². The second kappa shape index (κ2) is 11.1. The molecule has 0 amide bonds. The van der Waals surface area contributed by atoms with E-state index < -0.39 is 24.5 Å². The van der Waals surface area contributed by atoms with Crippen molar-refractivity contribution in [3.8, 4) is 17.3 Å². The molecule has 0 aliphatic rings. The third-order valence-corrected chi connectivity index (χ3v) is 5.44. The van der Waals surface area contributed by atoms with Crippen LogP contribution in [0.15, 0.2) is 61.4 Å². The van der Waals surface area contributed by atoms with E-state index in [1.54, 1.807) is 35.9 Å². The normalized spacial score (nSPS) is 13.1. The number of rotatable bonds is 8. The number of aromatic nitrogens is 5. The lowest BCUT2D eigenvalue weighted by Crippen LogP contribution is -2.29. The van der Waals surface area contributed by atoms with Crippen LogP contribution in [0.3, 0.4) is 0 Å². The van der Waals surface area contributed by atoms with Gasteiger partial charge in [0.15, 0.2) is 5.82 Å². The maximum atomic E-state index is 12.9. The molecule has 3 heterocycles. The summed E-state index contributed by atoms with van der Waals surface area (Å²) in [7, 11) is 1.76. The molecule has 0 atom stereocenters. The number of anilines is 2. The van der Waals surface area contributed by atoms with Gasteiger partial charge in [-0.2, -0.15) is 26.3 Å². The summed E-state index contributed by atoms with van der Waals surface area (Å²) in [5.41, 5.74) is -0.110. The Bertz CT molecular complexity index is 1570. The Hall–Kier alpha value is -4.55. The molecule has 0 spiro atoms. The van der Waals surface area contributed by atoms with Gasteiger partial charge in [-0.25, -0.2) is 9.97 Å². The minimum Gasteiger partial charge on any atom is -0.489 e. The van der Waals surface area contributed by atoms with Crippen molar-refractivity contribution in [3.05, 3.63) is 83.4 Å². The number of nitrogens with one attached hydrogen (secondary N) is 2. The molecule has 4 rings (SSSR count). The van der Waals surface area contributed by atoms with Crippen LogP contribution in [0.1, 0.15) is 11.3 Å². The molecule has 7 nitrogen and oxygen atoms in total. The molecule has 4 aromatic rings. The summed E-state index contributed by atoms with van der Waals surface area (Å²) in [5.74, 6) is 0.734. The third-order valence-electron chi connectivity index (χ3n) is 5.44. The molecule has 0 saturated heterocycles. The number of H-pyrrole nitrogens is 1. The average Bonchev–Trinajstić information content (AvgIpc) is 3.47. The lowest BCUT2D eigenvalue weighted by molar-refractivity contribution is -0.140. The third kappa shape index (κ3) is 7.06. The van der Waals surface area contributed by atoms with Gasteiger partial charge in [0.25, 0.3) is 0 Å². The second-order valence-electron chi connectivity index (χ2n) is 8.32. The Morgan fingerprint density at radius 1 is 1.08 bits per heavy atom. The van der Waals surface area contributed by atoms with Gasteiger partial charge in [0.2, 0.25) is 5.95 Å². The lowest BCUT2D eigenvalue weighted by atomic mass is 10.1. The van der Waals surface area contributed by atoms with Crippen molar-refractivity contribution in [2.24, 2.45) is 7.05 Å². The molecule has 0 bridgehead atoms. The SMILES string of the molecule is C=C/C=c1\c(=C/COc2ccnc(-c3ncc(C(F)(F)F)[nH]3)c2)nc(Nc2ccc(CC(F)(F)F)cc2)n1C. The Labute approximate surface area is 218 Å². The molecule has 3 aromatic heterocycles. The molecular weight excluding hydrogens is 526 g/mol. The molecule has 204 valence electrons. The van der Waals surface area contributed by atoms with Crippen molar-refractivity contribution in [1.29, 1.82) is 0 Å². The van der Waals surface area contributed by atoms with Gasteiger partial charge in [-0.15, -0.1) is 0 Å². The molecule has 0 saturated carbocycles. The van der Waals surface area contributed by atoms with Crippen LogP contribution in [-0.2, 0) is 19.6 Å². The highest BCUT2D eigenvalue weighted by Gasteiger charge is 2.33. The standard InChI is InChI=1S/C26H22F6N6O/c1-3-4-21-19(36-24(38(21)2)35-17-7-5-16(6-8-17)14-25(27,28)29)10-12-39-18-9-11-33-20(13-18)23-34-15-22(37-23)26(30,31)32/h3-11,13,15H,1,12,14H2,2H3,(H,34,37)(H,35,36)/b19-10+,21-4+. The van der Waals surface area contributed by atoms with Crippen molar-refractivity contribution >= 4 is 23.8 Å². The zero-order chi connectivity index (χ0) is 28.2. The number of allylic oxidation sites excluding steroid dienone is 1. The summed E-state index contributed by atoms with van der Waals surface area (Å²) in [4.78, 5) is 14.5. The summed E-state index contributed by atoms with van der Waals surface area (Å²) in [6.45, 7) is 3.78. The van der Waals surface area contributed by atoms with E-state index in [2.05, 4.69) is 31.8 Å². The summed E-state index contributed by atoms with van der Waals surface area (Å²) in [6, 6.07) is 8.87. The fraction of sp³-hybridized carbons (Fsp3) is 0.192. The number of hydrogen-bond acceptors (Lipinski definition) is 5. The van der Waals surface area contributed by atoms with Crippen molar-refractivity contribution in [3.63, 3.8) is 0 Å². The first-order chi connectivity index (χ1) is 18.4. The highest BCUT2D eigenvalue weighted by atomic mass is 19.4. The number of pyridine rings is 1. The molecule has 0 unspecified atom stereocenters. The molecule has 0 radical (unpaired) electrons. The fourth-order valence-electron chi connectivity index (χ4n) is 3.61. The van der Waals surface area contributed by atoms with Crippen LogP contribution >= 0.6 is 0 Å². The van der Waals surface area contributed by atoms with Gasteiger partial charge in [-0.05, 0) is 35.9 Å². The van der Waals surface area contributed by atoms with Crippen molar-refractivity contribution in [2.45, 2.75) is 18.8 Å². The number of alkyl halides is 6. The smallest absolute Gasteiger partial charge is 0.432 e. The highest BCUT2D eigenvalue weighted by molar-refractivity contribution is 5.55. The molecule has 13 heteroatoms. The molecule has 2 N–H and O–H groups in total. The fourth-order valence-corrected chi connectivity index (χ4v) is 3.61. The lowest BCUT2D eigenvalue weighted by Gasteiger charge is -2.09. The van der Waals surface area contributed by atoms with E-state index in [0.717, 1.165) is 0 Å². The van der Waals surface area contributed by atoms with Crippen LogP contribution < -0.4 is 20.8 Å². The van der Waals surface area contributed by atoms with Crippen LogP contribution in [0.5, 0.6) is 5.75 Å². The van der Waals surface area contributed by atoms with E-state index in [1.165, 1.54) is 36.5 Å². The van der Waals surface area contributed by atoms with Crippen LogP contribution in [0.25, 0.3) is 23.7 Å². The maximum Gasteiger partial charge on any atom is 0.432 e. The predicted molar refractivity (Wildman–Crippen MR) is 133 cm³/mol.